The van der Waals surface area contributed by atoms with E-state index >= 15 is 4.39 Å². The van der Waals surface area contributed by atoms with E-state index in [2.05, 4.69) is 0 Å². The number of aryl methyl sites for hydroxylation is 1. The molecule has 7 heteroatoms. The number of amides is 1. The summed E-state index contributed by atoms with van der Waals surface area (Å²) in [6, 6.07) is 8.40. The minimum absolute atomic E-state index is 0.0733. The second kappa shape index (κ2) is 8.31. The molecule has 164 valence electrons. The molecule has 32 heavy (non-hydrogen) atoms. The molecule has 1 aliphatic carbocycles. The molecule has 0 radical (unpaired) electrons. The van der Waals surface area contributed by atoms with Gasteiger partial charge in [0.25, 0.3) is 5.91 Å². The zero-order valence-corrected chi connectivity index (χ0v) is 17.8. The van der Waals surface area contributed by atoms with Gasteiger partial charge in [-0.25, -0.2) is 9.37 Å². The fourth-order valence-corrected chi connectivity index (χ4v) is 4.83. The lowest BCUT2D eigenvalue weighted by atomic mass is 9.84. The molecule has 3 aromatic rings. The van der Waals surface area contributed by atoms with Gasteiger partial charge in [-0.15, -0.1) is 0 Å². The first kappa shape index (κ1) is 20.6. The van der Waals surface area contributed by atoms with E-state index in [-0.39, 0.29) is 11.5 Å². The number of hydrogen-bond acceptors (Lipinski definition) is 5. The average Bonchev–Trinajstić information content (AvgIpc) is 2.83. The summed E-state index contributed by atoms with van der Waals surface area (Å²) >= 11 is 0. The molecule has 2 aliphatic rings. The fraction of sp³-hybridized carbons (Fsp3) is 0.320. The molecule has 0 atom stereocenters. The Hall–Kier alpha value is -3.32. The minimum atomic E-state index is -0.539. The molecule has 2 aromatic carbocycles. The van der Waals surface area contributed by atoms with Crippen LogP contribution in [-0.2, 0) is 17.6 Å². The SMILES string of the molecule is N=Cc1c(N)ccc2nc(-c3ccc(C(=O)N4CCOCC4)c(F)c3)c3c(c12)CCCC3. The number of pyridine rings is 1. The highest BCUT2D eigenvalue weighted by Crippen LogP contribution is 2.37. The Bertz CT molecular complexity index is 1230. The van der Waals surface area contributed by atoms with Gasteiger partial charge in [-0.3, -0.25) is 4.79 Å². The van der Waals surface area contributed by atoms with E-state index in [1.165, 1.54) is 12.3 Å². The molecule has 0 spiro atoms. The van der Waals surface area contributed by atoms with Gasteiger partial charge in [0, 0.05) is 41.5 Å². The van der Waals surface area contributed by atoms with Gasteiger partial charge >= 0.3 is 0 Å². The Morgan fingerprint density at radius 2 is 1.88 bits per heavy atom. The molecule has 1 amide bonds. The summed E-state index contributed by atoms with van der Waals surface area (Å²) in [6.45, 7) is 1.89. The first-order chi connectivity index (χ1) is 15.6. The molecule has 0 saturated carbocycles. The maximum atomic E-state index is 15.1. The molecule has 3 N–H and O–H groups in total. The van der Waals surface area contributed by atoms with Crippen LogP contribution in [0.2, 0.25) is 0 Å². The van der Waals surface area contributed by atoms with Crippen LogP contribution in [0.1, 0.15) is 39.9 Å². The number of hydrogen-bond donors (Lipinski definition) is 2. The van der Waals surface area contributed by atoms with Gasteiger partial charge in [0.1, 0.15) is 5.82 Å². The summed E-state index contributed by atoms with van der Waals surface area (Å²) in [6.07, 6.45) is 5.10. The van der Waals surface area contributed by atoms with Gasteiger partial charge in [0.05, 0.1) is 30.0 Å². The topological polar surface area (TPSA) is 92.3 Å². The Morgan fingerprint density at radius 1 is 1.12 bits per heavy atom. The number of carbonyl (C=O) groups excluding carboxylic acids is 1. The number of nitrogens with one attached hydrogen (secondary N) is 1. The summed E-state index contributed by atoms with van der Waals surface area (Å²) in [5, 5.41) is 8.78. The largest absolute Gasteiger partial charge is 0.398 e. The summed E-state index contributed by atoms with van der Waals surface area (Å²) in [7, 11) is 0. The lowest BCUT2D eigenvalue weighted by Crippen LogP contribution is -2.41. The predicted octanol–water partition coefficient (Wildman–Crippen LogP) is 3.97. The molecule has 1 fully saturated rings. The van der Waals surface area contributed by atoms with E-state index in [0.29, 0.717) is 43.1 Å². The number of rotatable bonds is 3. The number of nitrogen functional groups attached to an aromatic ring is 1. The number of nitrogens with zero attached hydrogens (tertiary/aromatic N) is 2. The molecule has 2 heterocycles. The van der Waals surface area contributed by atoms with Crippen molar-refractivity contribution in [2.45, 2.75) is 25.7 Å². The summed E-state index contributed by atoms with van der Waals surface area (Å²) < 4.78 is 20.4. The quantitative estimate of drug-likeness (QED) is 0.484. The van der Waals surface area contributed by atoms with Crippen molar-refractivity contribution >= 4 is 28.7 Å². The maximum Gasteiger partial charge on any atom is 0.256 e. The zero-order chi connectivity index (χ0) is 22.2. The number of ether oxygens (including phenoxy) is 1. The van der Waals surface area contributed by atoms with Crippen LogP contribution < -0.4 is 5.73 Å². The fourth-order valence-electron chi connectivity index (χ4n) is 4.83. The molecule has 0 bridgehead atoms. The van der Waals surface area contributed by atoms with Crippen LogP contribution in [0.5, 0.6) is 0 Å². The van der Waals surface area contributed by atoms with Crippen LogP contribution in [0.4, 0.5) is 10.1 Å². The molecular formula is C25H25FN4O2. The van der Waals surface area contributed by atoms with Crippen LogP contribution in [-0.4, -0.2) is 48.3 Å². The van der Waals surface area contributed by atoms with E-state index in [4.69, 9.17) is 20.9 Å². The van der Waals surface area contributed by atoms with Crippen LogP contribution in [0.15, 0.2) is 30.3 Å². The number of halogens is 1. The van der Waals surface area contributed by atoms with Crippen molar-refractivity contribution in [3.63, 3.8) is 0 Å². The van der Waals surface area contributed by atoms with Crippen LogP contribution in [0.25, 0.3) is 22.2 Å². The first-order valence-corrected chi connectivity index (χ1v) is 11.0. The lowest BCUT2D eigenvalue weighted by molar-refractivity contribution is 0.0300. The van der Waals surface area contributed by atoms with E-state index in [9.17, 15) is 4.79 Å². The Labute approximate surface area is 185 Å². The number of morpholine rings is 1. The van der Waals surface area contributed by atoms with Crippen molar-refractivity contribution < 1.29 is 13.9 Å². The van der Waals surface area contributed by atoms with Crippen molar-refractivity contribution in [3.8, 4) is 11.3 Å². The Kier molecular flexibility index (Phi) is 5.35. The molecule has 1 saturated heterocycles. The Balaban J connectivity index is 1.62. The van der Waals surface area contributed by atoms with Gasteiger partial charge in [0.15, 0.2) is 0 Å². The van der Waals surface area contributed by atoms with Crippen molar-refractivity contribution in [3.05, 3.63) is 58.4 Å². The van der Waals surface area contributed by atoms with Crippen molar-refractivity contribution in [1.29, 1.82) is 5.41 Å². The highest BCUT2D eigenvalue weighted by atomic mass is 19.1. The lowest BCUT2D eigenvalue weighted by Gasteiger charge is -2.27. The molecule has 1 aliphatic heterocycles. The van der Waals surface area contributed by atoms with E-state index in [0.717, 1.165) is 53.4 Å². The summed E-state index contributed by atoms with van der Waals surface area (Å²) in [4.78, 5) is 19.3. The number of fused-ring (bicyclic) bond motifs is 3. The number of anilines is 1. The highest BCUT2D eigenvalue weighted by molar-refractivity contribution is 6.05. The molecular weight excluding hydrogens is 407 g/mol. The third-order valence-electron chi connectivity index (χ3n) is 6.46. The second-order valence-electron chi connectivity index (χ2n) is 8.33. The highest BCUT2D eigenvalue weighted by Gasteiger charge is 2.24. The van der Waals surface area contributed by atoms with Crippen molar-refractivity contribution in [2.75, 3.05) is 32.0 Å². The molecule has 0 unspecified atom stereocenters. The third kappa shape index (κ3) is 3.42. The molecule has 1 aromatic heterocycles. The van der Waals surface area contributed by atoms with Gasteiger partial charge in [-0.1, -0.05) is 6.07 Å². The number of carbonyl (C=O) groups is 1. The van der Waals surface area contributed by atoms with Crippen molar-refractivity contribution in [1.82, 2.24) is 9.88 Å². The maximum absolute atomic E-state index is 15.1. The van der Waals surface area contributed by atoms with Gasteiger partial charge in [0.2, 0.25) is 0 Å². The van der Waals surface area contributed by atoms with E-state index in [1.54, 1.807) is 23.1 Å². The number of nitrogens with two attached hydrogens (primary N) is 1. The summed E-state index contributed by atoms with van der Waals surface area (Å²) in [5.74, 6) is -0.847. The first-order valence-electron chi connectivity index (χ1n) is 11.0. The minimum Gasteiger partial charge on any atom is -0.398 e. The van der Waals surface area contributed by atoms with Gasteiger partial charge < -0.3 is 20.8 Å². The van der Waals surface area contributed by atoms with Crippen molar-refractivity contribution in [2.24, 2.45) is 0 Å². The number of benzene rings is 2. The normalized spacial score (nSPS) is 16.1. The molecule has 6 nitrogen and oxygen atoms in total. The second-order valence-corrected chi connectivity index (χ2v) is 8.33. The Morgan fingerprint density at radius 3 is 2.59 bits per heavy atom. The van der Waals surface area contributed by atoms with Crippen LogP contribution in [0, 0.1) is 11.2 Å². The monoisotopic (exact) mass is 432 g/mol. The van der Waals surface area contributed by atoms with Gasteiger partial charge in [-0.2, -0.15) is 0 Å². The predicted molar refractivity (Wildman–Crippen MR) is 123 cm³/mol. The standard InChI is InChI=1S/C25H25FN4O2/c26-20-13-15(5-6-18(20)25(31)30-9-11-32-12-10-30)24-17-4-2-1-3-16(17)23-19(14-27)21(28)7-8-22(23)29-24/h5-8,13-14,27H,1-4,9-12,28H2. The average molecular weight is 432 g/mol. The third-order valence-corrected chi connectivity index (χ3v) is 6.46. The van der Waals surface area contributed by atoms with E-state index < -0.39 is 5.82 Å². The van der Waals surface area contributed by atoms with Crippen LogP contribution in [0.3, 0.4) is 0 Å². The number of aromatic nitrogens is 1. The molecule has 5 rings (SSSR count). The van der Waals surface area contributed by atoms with Gasteiger partial charge in [-0.05, 0) is 61.1 Å². The zero-order valence-electron chi connectivity index (χ0n) is 17.8. The van der Waals surface area contributed by atoms with Crippen LogP contribution >= 0.6 is 0 Å². The smallest absolute Gasteiger partial charge is 0.256 e. The van der Waals surface area contributed by atoms with E-state index in [1.807, 2.05) is 6.07 Å². The summed E-state index contributed by atoms with van der Waals surface area (Å²) in [5.41, 5.74) is 11.9.